The first-order valence-corrected chi connectivity index (χ1v) is 4.96. The maximum Gasteiger partial charge on any atom is 0.231 e. The Hall–Kier alpha value is -1.26. The molecule has 1 unspecified atom stereocenters. The molecule has 0 spiro atoms. The lowest BCUT2D eigenvalue weighted by atomic mass is 10.1. The highest BCUT2D eigenvalue weighted by Gasteiger charge is 2.15. The molecule has 1 aromatic rings. The van der Waals surface area contributed by atoms with Crippen molar-refractivity contribution < 1.29 is 9.47 Å². The zero-order chi connectivity index (χ0) is 10.8. The molecule has 0 bridgehead atoms. The Bertz CT molecular complexity index is 352. The van der Waals surface area contributed by atoms with E-state index < -0.39 is 0 Å². The van der Waals surface area contributed by atoms with E-state index in [9.17, 15) is 0 Å². The molecule has 0 saturated heterocycles. The van der Waals surface area contributed by atoms with Crippen LogP contribution in [0.15, 0.2) is 18.2 Å². The van der Waals surface area contributed by atoms with Crippen molar-refractivity contribution in [1.29, 1.82) is 0 Å². The van der Waals surface area contributed by atoms with E-state index in [1.807, 2.05) is 32.3 Å². The van der Waals surface area contributed by atoms with Gasteiger partial charge in [0, 0.05) is 12.6 Å². The standard InChI is InChI=1S/C11H16N2O2/c1-13(2)6-9(12)8-3-4-10-11(5-8)15-7-14-10/h3-5,9H,6-7,12H2,1-2H3. The topological polar surface area (TPSA) is 47.7 Å². The van der Waals surface area contributed by atoms with Gasteiger partial charge in [-0.25, -0.2) is 0 Å². The number of nitrogens with zero attached hydrogens (tertiary/aromatic N) is 1. The smallest absolute Gasteiger partial charge is 0.231 e. The number of ether oxygens (including phenoxy) is 2. The molecule has 1 aliphatic rings. The minimum atomic E-state index is 0.00880. The van der Waals surface area contributed by atoms with E-state index in [2.05, 4.69) is 4.90 Å². The van der Waals surface area contributed by atoms with E-state index in [4.69, 9.17) is 15.2 Å². The third-order valence-corrected chi connectivity index (χ3v) is 2.39. The van der Waals surface area contributed by atoms with Gasteiger partial charge >= 0.3 is 0 Å². The quantitative estimate of drug-likeness (QED) is 0.804. The van der Waals surface area contributed by atoms with Gasteiger partial charge in [-0.15, -0.1) is 0 Å². The van der Waals surface area contributed by atoms with Crippen LogP contribution in [0.5, 0.6) is 11.5 Å². The lowest BCUT2D eigenvalue weighted by molar-refractivity contribution is 0.174. The number of benzene rings is 1. The predicted molar refractivity (Wildman–Crippen MR) is 58.0 cm³/mol. The largest absolute Gasteiger partial charge is 0.454 e. The SMILES string of the molecule is CN(C)CC(N)c1ccc2c(c1)OCO2. The monoisotopic (exact) mass is 208 g/mol. The molecule has 1 atom stereocenters. The van der Waals surface area contributed by atoms with Crippen LogP contribution in [0.2, 0.25) is 0 Å². The summed E-state index contributed by atoms with van der Waals surface area (Å²) in [6.07, 6.45) is 0. The van der Waals surface area contributed by atoms with Gasteiger partial charge in [0.1, 0.15) is 0 Å². The first kappa shape index (κ1) is 10.3. The Kier molecular flexibility index (Phi) is 2.79. The Morgan fingerprint density at radius 3 is 2.80 bits per heavy atom. The summed E-state index contributed by atoms with van der Waals surface area (Å²) in [5.74, 6) is 1.59. The van der Waals surface area contributed by atoms with Gasteiger partial charge in [0.15, 0.2) is 11.5 Å². The maximum atomic E-state index is 6.05. The third-order valence-electron chi connectivity index (χ3n) is 2.39. The first-order valence-electron chi connectivity index (χ1n) is 4.96. The summed E-state index contributed by atoms with van der Waals surface area (Å²) < 4.78 is 10.5. The highest BCUT2D eigenvalue weighted by atomic mass is 16.7. The van der Waals surface area contributed by atoms with Gasteiger partial charge in [-0.1, -0.05) is 6.07 Å². The molecule has 2 N–H and O–H groups in total. The number of hydrogen-bond donors (Lipinski definition) is 1. The number of likely N-dealkylation sites (N-methyl/N-ethyl adjacent to an activating group) is 1. The van der Waals surface area contributed by atoms with Crippen molar-refractivity contribution in [2.45, 2.75) is 6.04 Å². The van der Waals surface area contributed by atoms with Crippen LogP contribution >= 0.6 is 0 Å². The summed E-state index contributed by atoms with van der Waals surface area (Å²) in [6.45, 7) is 1.13. The summed E-state index contributed by atoms with van der Waals surface area (Å²) in [7, 11) is 4.01. The first-order chi connectivity index (χ1) is 7.16. The third kappa shape index (κ3) is 2.22. The molecular formula is C11H16N2O2. The zero-order valence-corrected chi connectivity index (χ0v) is 9.06. The number of hydrogen-bond acceptors (Lipinski definition) is 4. The molecule has 82 valence electrons. The Balaban J connectivity index is 2.15. The minimum absolute atomic E-state index is 0.00880. The fourth-order valence-corrected chi connectivity index (χ4v) is 1.64. The van der Waals surface area contributed by atoms with Gasteiger partial charge in [0.05, 0.1) is 0 Å². The molecule has 0 aliphatic carbocycles. The number of fused-ring (bicyclic) bond motifs is 1. The van der Waals surface area contributed by atoms with E-state index in [1.54, 1.807) is 0 Å². The van der Waals surface area contributed by atoms with Gasteiger partial charge in [-0.05, 0) is 31.8 Å². The van der Waals surface area contributed by atoms with Crippen LogP contribution in [0.25, 0.3) is 0 Å². The molecule has 4 nitrogen and oxygen atoms in total. The van der Waals surface area contributed by atoms with Crippen molar-refractivity contribution in [3.05, 3.63) is 23.8 Å². The molecule has 0 fully saturated rings. The minimum Gasteiger partial charge on any atom is -0.454 e. The molecule has 1 heterocycles. The van der Waals surface area contributed by atoms with E-state index in [0.29, 0.717) is 6.79 Å². The highest BCUT2D eigenvalue weighted by molar-refractivity contribution is 5.45. The summed E-state index contributed by atoms with van der Waals surface area (Å²) in [5.41, 5.74) is 7.13. The van der Waals surface area contributed by atoms with Crippen LogP contribution in [-0.2, 0) is 0 Å². The summed E-state index contributed by atoms with van der Waals surface area (Å²) in [4.78, 5) is 2.06. The fraction of sp³-hybridized carbons (Fsp3) is 0.455. The molecule has 1 aliphatic heterocycles. The molecule has 0 radical (unpaired) electrons. The predicted octanol–water partition coefficient (Wildman–Crippen LogP) is 0.977. The second-order valence-electron chi connectivity index (χ2n) is 3.98. The van der Waals surface area contributed by atoms with Crippen molar-refractivity contribution in [3.63, 3.8) is 0 Å². The number of nitrogens with two attached hydrogens (primary N) is 1. The van der Waals surface area contributed by atoms with Crippen molar-refractivity contribution in [2.24, 2.45) is 5.73 Å². The molecule has 1 aromatic carbocycles. The molecule has 15 heavy (non-hydrogen) atoms. The molecule has 0 aromatic heterocycles. The van der Waals surface area contributed by atoms with Gasteiger partial charge < -0.3 is 20.1 Å². The van der Waals surface area contributed by atoms with E-state index in [-0.39, 0.29) is 6.04 Å². The maximum absolute atomic E-state index is 6.05. The Labute approximate surface area is 89.6 Å². The second-order valence-corrected chi connectivity index (χ2v) is 3.98. The average Bonchev–Trinajstić information content (AvgIpc) is 2.62. The highest BCUT2D eigenvalue weighted by Crippen LogP contribution is 2.33. The Morgan fingerprint density at radius 1 is 1.33 bits per heavy atom. The van der Waals surface area contributed by atoms with Crippen molar-refractivity contribution in [1.82, 2.24) is 4.90 Å². The molecule has 2 rings (SSSR count). The van der Waals surface area contributed by atoms with Gasteiger partial charge in [-0.3, -0.25) is 0 Å². The summed E-state index contributed by atoms with van der Waals surface area (Å²) in [5, 5.41) is 0. The Morgan fingerprint density at radius 2 is 2.07 bits per heavy atom. The van der Waals surface area contributed by atoms with Crippen LogP contribution in [0.4, 0.5) is 0 Å². The zero-order valence-electron chi connectivity index (χ0n) is 9.06. The summed E-state index contributed by atoms with van der Waals surface area (Å²) >= 11 is 0. The van der Waals surface area contributed by atoms with Gasteiger partial charge in [-0.2, -0.15) is 0 Å². The van der Waals surface area contributed by atoms with E-state index in [0.717, 1.165) is 23.6 Å². The van der Waals surface area contributed by atoms with Crippen molar-refractivity contribution in [3.8, 4) is 11.5 Å². The molecule has 0 amide bonds. The normalized spacial score (nSPS) is 15.7. The van der Waals surface area contributed by atoms with Gasteiger partial charge in [0.25, 0.3) is 0 Å². The van der Waals surface area contributed by atoms with E-state index in [1.165, 1.54) is 0 Å². The number of rotatable bonds is 3. The van der Waals surface area contributed by atoms with Crippen molar-refractivity contribution >= 4 is 0 Å². The molecule has 4 heteroatoms. The summed E-state index contributed by atoms with van der Waals surface area (Å²) in [6, 6.07) is 5.86. The second kappa shape index (κ2) is 4.08. The van der Waals surface area contributed by atoms with Crippen LogP contribution in [-0.4, -0.2) is 32.3 Å². The van der Waals surface area contributed by atoms with Crippen LogP contribution in [0.1, 0.15) is 11.6 Å². The van der Waals surface area contributed by atoms with Gasteiger partial charge in [0.2, 0.25) is 6.79 Å². The molecule has 0 saturated carbocycles. The van der Waals surface area contributed by atoms with Crippen LogP contribution < -0.4 is 15.2 Å². The average molecular weight is 208 g/mol. The van der Waals surface area contributed by atoms with Crippen LogP contribution in [0.3, 0.4) is 0 Å². The van der Waals surface area contributed by atoms with Crippen molar-refractivity contribution in [2.75, 3.05) is 27.4 Å². The lowest BCUT2D eigenvalue weighted by Gasteiger charge is -2.17. The molecular weight excluding hydrogens is 192 g/mol. The lowest BCUT2D eigenvalue weighted by Crippen LogP contribution is -2.25. The van der Waals surface area contributed by atoms with Crippen LogP contribution in [0, 0.1) is 0 Å². The van der Waals surface area contributed by atoms with E-state index >= 15 is 0 Å². The fourth-order valence-electron chi connectivity index (χ4n) is 1.64.